The number of aryl methyl sites for hydroxylation is 1. The molecule has 0 unspecified atom stereocenters. The highest BCUT2D eigenvalue weighted by Crippen LogP contribution is 2.27. The Labute approximate surface area is 164 Å². The SMILES string of the molecule is Cc1nc(-c2cccc(Cl)c2)n(Cc2cc(=O)[nH]c3c(F)c(F)ccc23)c1C. The topological polar surface area (TPSA) is 50.7 Å². The molecule has 28 heavy (non-hydrogen) atoms. The molecule has 0 aliphatic heterocycles. The number of hydrogen-bond acceptors (Lipinski definition) is 2. The van der Waals surface area contributed by atoms with Crippen LogP contribution in [0.2, 0.25) is 5.02 Å². The summed E-state index contributed by atoms with van der Waals surface area (Å²) >= 11 is 6.13. The number of rotatable bonds is 3. The third-order valence-electron chi connectivity index (χ3n) is 4.86. The lowest BCUT2D eigenvalue weighted by Gasteiger charge is -2.13. The average Bonchev–Trinajstić information content (AvgIpc) is 2.93. The van der Waals surface area contributed by atoms with E-state index >= 15 is 0 Å². The van der Waals surface area contributed by atoms with Crippen molar-refractivity contribution in [1.82, 2.24) is 14.5 Å². The first-order chi connectivity index (χ1) is 13.3. The van der Waals surface area contributed by atoms with Gasteiger partial charge in [0, 0.05) is 27.7 Å². The summed E-state index contributed by atoms with van der Waals surface area (Å²) in [4.78, 5) is 19.1. The van der Waals surface area contributed by atoms with Crippen molar-refractivity contribution in [2.24, 2.45) is 0 Å². The molecule has 0 bridgehead atoms. The van der Waals surface area contributed by atoms with Crippen LogP contribution in [0.5, 0.6) is 0 Å². The predicted octanol–water partition coefficient (Wildman–Crippen LogP) is 4.99. The Morgan fingerprint density at radius 3 is 2.68 bits per heavy atom. The molecule has 7 heteroatoms. The maximum atomic E-state index is 14.2. The van der Waals surface area contributed by atoms with Gasteiger partial charge in [0.2, 0.25) is 5.56 Å². The third kappa shape index (κ3) is 3.10. The molecule has 2 aromatic carbocycles. The van der Waals surface area contributed by atoms with E-state index in [0.29, 0.717) is 21.8 Å². The van der Waals surface area contributed by atoms with Gasteiger partial charge in [-0.05, 0) is 43.7 Å². The summed E-state index contributed by atoms with van der Waals surface area (Å²) in [5.41, 5.74) is 2.51. The number of aromatic amines is 1. The highest BCUT2D eigenvalue weighted by Gasteiger charge is 2.17. The minimum absolute atomic E-state index is 0.138. The summed E-state index contributed by atoms with van der Waals surface area (Å²) in [5, 5.41) is 1.03. The molecule has 2 heterocycles. The molecule has 0 spiro atoms. The number of nitrogens with zero attached hydrogens (tertiary/aromatic N) is 2. The van der Waals surface area contributed by atoms with Crippen LogP contribution in [-0.2, 0) is 6.54 Å². The third-order valence-corrected chi connectivity index (χ3v) is 5.10. The van der Waals surface area contributed by atoms with Gasteiger partial charge in [0.1, 0.15) is 5.82 Å². The lowest BCUT2D eigenvalue weighted by atomic mass is 10.1. The van der Waals surface area contributed by atoms with Crippen molar-refractivity contribution in [2.45, 2.75) is 20.4 Å². The number of nitrogens with one attached hydrogen (secondary N) is 1. The van der Waals surface area contributed by atoms with E-state index < -0.39 is 17.2 Å². The maximum absolute atomic E-state index is 14.2. The lowest BCUT2D eigenvalue weighted by molar-refractivity contribution is 0.515. The van der Waals surface area contributed by atoms with E-state index in [1.54, 1.807) is 6.07 Å². The van der Waals surface area contributed by atoms with Gasteiger partial charge < -0.3 is 9.55 Å². The van der Waals surface area contributed by atoms with Gasteiger partial charge in [0.05, 0.1) is 17.8 Å². The van der Waals surface area contributed by atoms with Crippen molar-refractivity contribution < 1.29 is 8.78 Å². The first kappa shape index (κ1) is 18.4. The van der Waals surface area contributed by atoms with Crippen LogP contribution >= 0.6 is 11.6 Å². The van der Waals surface area contributed by atoms with Gasteiger partial charge >= 0.3 is 0 Å². The number of hydrogen-bond donors (Lipinski definition) is 1. The number of fused-ring (bicyclic) bond motifs is 1. The Balaban J connectivity index is 1.91. The van der Waals surface area contributed by atoms with Crippen LogP contribution in [-0.4, -0.2) is 14.5 Å². The molecule has 0 aliphatic rings. The minimum Gasteiger partial charge on any atom is -0.324 e. The van der Waals surface area contributed by atoms with E-state index in [4.69, 9.17) is 11.6 Å². The standard InChI is InChI=1S/C21H16ClF2N3O/c1-11-12(2)27(21(25-11)13-4-3-5-15(22)8-13)10-14-9-18(28)26-20-16(14)6-7-17(23)19(20)24/h3-9H,10H2,1-2H3,(H,26,28). The van der Waals surface area contributed by atoms with Crippen molar-refractivity contribution in [1.29, 1.82) is 0 Å². The van der Waals surface area contributed by atoms with E-state index in [1.165, 1.54) is 12.1 Å². The summed E-state index contributed by atoms with van der Waals surface area (Å²) in [6, 6.07) is 11.2. The molecule has 0 fully saturated rings. The molecule has 1 N–H and O–H groups in total. The Morgan fingerprint density at radius 2 is 1.93 bits per heavy atom. The number of aromatic nitrogens is 3. The second-order valence-corrected chi connectivity index (χ2v) is 7.08. The number of imidazole rings is 1. The Bertz CT molecular complexity index is 1280. The Kier molecular flexibility index (Phi) is 4.51. The number of benzene rings is 2. The molecule has 0 saturated heterocycles. The van der Waals surface area contributed by atoms with Crippen molar-refractivity contribution >= 4 is 22.5 Å². The lowest BCUT2D eigenvalue weighted by Crippen LogP contribution is -2.12. The largest absolute Gasteiger partial charge is 0.324 e. The van der Waals surface area contributed by atoms with E-state index in [1.807, 2.05) is 36.6 Å². The zero-order chi connectivity index (χ0) is 20.0. The minimum atomic E-state index is -1.06. The normalized spacial score (nSPS) is 11.3. The summed E-state index contributed by atoms with van der Waals surface area (Å²) in [6.07, 6.45) is 0. The maximum Gasteiger partial charge on any atom is 0.248 e. The summed E-state index contributed by atoms with van der Waals surface area (Å²) in [6.45, 7) is 4.09. The number of pyridine rings is 1. The van der Waals surface area contributed by atoms with Crippen molar-refractivity contribution in [2.75, 3.05) is 0 Å². The van der Waals surface area contributed by atoms with Crippen LogP contribution in [0.15, 0.2) is 47.3 Å². The zero-order valence-electron chi connectivity index (χ0n) is 15.2. The molecule has 2 aromatic heterocycles. The van der Waals surface area contributed by atoms with Gasteiger partial charge in [-0.2, -0.15) is 0 Å². The average molecular weight is 400 g/mol. The molecule has 0 aliphatic carbocycles. The molecule has 4 rings (SSSR count). The van der Waals surface area contributed by atoms with Crippen LogP contribution in [0.1, 0.15) is 17.0 Å². The quantitative estimate of drug-likeness (QED) is 0.527. The molecule has 4 nitrogen and oxygen atoms in total. The summed E-state index contributed by atoms with van der Waals surface area (Å²) in [7, 11) is 0. The van der Waals surface area contributed by atoms with Gasteiger partial charge in [0.15, 0.2) is 11.6 Å². The predicted molar refractivity (Wildman–Crippen MR) is 106 cm³/mol. The monoisotopic (exact) mass is 399 g/mol. The van der Waals surface area contributed by atoms with Crippen LogP contribution in [0.25, 0.3) is 22.3 Å². The van der Waals surface area contributed by atoms with Crippen molar-refractivity contribution in [3.8, 4) is 11.4 Å². The molecule has 0 amide bonds. The van der Waals surface area contributed by atoms with Crippen LogP contribution in [0, 0.1) is 25.5 Å². The van der Waals surface area contributed by atoms with Gasteiger partial charge in [-0.1, -0.05) is 23.7 Å². The fourth-order valence-electron chi connectivity index (χ4n) is 3.33. The van der Waals surface area contributed by atoms with Crippen molar-refractivity contribution in [3.63, 3.8) is 0 Å². The second-order valence-electron chi connectivity index (χ2n) is 6.65. The fraction of sp³-hybridized carbons (Fsp3) is 0.143. The highest BCUT2D eigenvalue weighted by molar-refractivity contribution is 6.30. The molecular weight excluding hydrogens is 384 g/mol. The van der Waals surface area contributed by atoms with E-state index in [0.717, 1.165) is 23.0 Å². The molecule has 0 atom stereocenters. The molecule has 0 saturated carbocycles. The van der Waals surface area contributed by atoms with Gasteiger partial charge in [-0.3, -0.25) is 4.79 Å². The molecule has 4 aromatic rings. The smallest absolute Gasteiger partial charge is 0.248 e. The Hall–Kier alpha value is -2.99. The number of halogens is 3. The van der Waals surface area contributed by atoms with E-state index in [2.05, 4.69) is 9.97 Å². The molecular formula is C21H16ClF2N3O. The summed E-state index contributed by atoms with van der Waals surface area (Å²) < 4.78 is 29.7. The summed E-state index contributed by atoms with van der Waals surface area (Å²) in [5.74, 6) is -1.38. The first-order valence-electron chi connectivity index (χ1n) is 8.64. The van der Waals surface area contributed by atoms with Crippen LogP contribution in [0.3, 0.4) is 0 Å². The van der Waals surface area contributed by atoms with E-state index in [-0.39, 0.29) is 12.1 Å². The number of H-pyrrole nitrogens is 1. The second kappa shape index (κ2) is 6.87. The highest BCUT2D eigenvalue weighted by atomic mass is 35.5. The van der Waals surface area contributed by atoms with Crippen LogP contribution < -0.4 is 5.56 Å². The fourth-order valence-corrected chi connectivity index (χ4v) is 3.52. The Morgan fingerprint density at radius 1 is 1.14 bits per heavy atom. The van der Waals surface area contributed by atoms with E-state index in [9.17, 15) is 13.6 Å². The molecule has 142 valence electrons. The van der Waals surface area contributed by atoms with Crippen LogP contribution in [0.4, 0.5) is 8.78 Å². The van der Waals surface area contributed by atoms with Gasteiger partial charge in [0.25, 0.3) is 0 Å². The van der Waals surface area contributed by atoms with Crippen molar-refractivity contribution in [3.05, 3.63) is 86.4 Å². The first-order valence-corrected chi connectivity index (χ1v) is 9.02. The van der Waals surface area contributed by atoms with Gasteiger partial charge in [-0.25, -0.2) is 13.8 Å². The van der Waals surface area contributed by atoms with Gasteiger partial charge in [-0.15, -0.1) is 0 Å². The molecule has 0 radical (unpaired) electrons. The zero-order valence-corrected chi connectivity index (χ0v) is 15.9.